The van der Waals surface area contributed by atoms with Crippen molar-refractivity contribution in [2.24, 2.45) is 11.8 Å². The van der Waals surface area contributed by atoms with Gasteiger partial charge in [-0.2, -0.15) is 0 Å². The van der Waals surface area contributed by atoms with E-state index in [1.165, 1.54) is 6.92 Å². The van der Waals surface area contributed by atoms with E-state index in [0.29, 0.717) is 25.7 Å². The normalized spacial score (nSPS) is 18.5. The minimum Gasteiger partial charge on any atom is -0.481 e. The van der Waals surface area contributed by atoms with Gasteiger partial charge in [0, 0.05) is 5.57 Å². The average molecular weight is 400 g/mol. The molecule has 1 N–H and O–H groups in total. The quantitative estimate of drug-likeness (QED) is 0.198. The van der Waals surface area contributed by atoms with Crippen molar-refractivity contribution in [3.63, 3.8) is 0 Å². The van der Waals surface area contributed by atoms with Gasteiger partial charge in [-0.3, -0.25) is 9.59 Å². The molecule has 1 saturated carbocycles. The first-order valence-corrected chi connectivity index (χ1v) is 8.83. The molecule has 1 fully saturated rings. The molecular formula is C18H24O10. The van der Waals surface area contributed by atoms with Gasteiger partial charge in [0.2, 0.25) is 0 Å². The third-order valence-electron chi connectivity index (χ3n) is 4.09. The predicted molar refractivity (Wildman–Crippen MR) is 91.2 cm³/mol. The summed E-state index contributed by atoms with van der Waals surface area (Å²) in [5.41, 5.74) is 0.221. The third kappa shape index (κ3) is 8.65. The molecule has 0 heterocycles. The van der Waals surface area contributed by atoms with Crippen molar-refractivity contribution >= 4 is 29.8 Å². The maximum absolute atomic E-state index is 11.8. The van der Waals surface area contributed by atoms with Crippen LogP contribution >= 0.6 is 0 Å². The molecule has 10 heteroatoms. The molecule has 0 aromatic rings. The zero-order chi connectivity index (χ0) is 21.1. The van der Waals surface area contributed by atoms with Crippen LogP contribution in [-0.4, -0.2) is 48.2 Å². The maximum atomic E-state index is 11.8. The molecule has 0 unspecified atom stereocenters. The highest BCUT2D eigenvalue weighted by molar-refractivity contribution is 5.86. The summed E-state index contributed by atoms with van der Waals surface area (Å²) in [5, 5.41) is 8.91. The standard InChI is InChI=1S/C18H24O10/c1-11(2)17(23)26-10-9-25-14(19)7-8-15(20)27-28-18(24)13-5-3-12(4-6-13)16(21)22/h12-13H,1,3-10H2,2H3,(H,21,22)/t12-,13-. The van der Waals surface area contributed by atoms with E-state index in [1.54, 1.807) is 0 Å². The Morgan fingerprint density at radius 3 is 1.96 bits per heavy atom. The fraction of sp³-hybridized carbons (Fsp3) is 0.611. The van der Waals surface area contributed by atoms with Crippen LogP contribution in [0.15, 0.2) is 12.2 Å². The summed E-state index contributed by atoms with van der Waals surface area (Å²) >= 11 is 0. The maximum Gasteiger partial charge on any atom is 0.358 e. The van der Waals surface area contributed by atoms with E-state index >= 15 is 0 Å². The van der Waals surface area contributed by atoms with Gasteiger partial charge in [0.25, 0.3) is 0 Å². The minimum absolute atomic E-state index is 0.135. The largest absolute Gasteiger partial charge is 0.481 e. The average Bonchev–Trinajstić information content (AvgIpc) is 2.67. The first kappa shape index (κ1) is 23.1. The number of rotatable bonds is 9. The van der Waals surface area contributed by atoms with Gasteiger partial charge in [0.05, 0.1) is 24.7 Å². The van der Waals surface area contributed by atoms with E-state index in [2.05, 4.69) is 16.4 Å². The van der Waals surface area contributed by atoms with Crippen LogP contribution in [0.1, 0.15) is 45.4 Å². The Labute approximate surface area is 161 Å². The molecule has 0 aromatic heterocycles. The third-order valence-corrected chi connectivity index (χ3v) is 4.09. The van der Waals surface area contributed by atoms with Crippen LogP contribution in [0.2, 0.25) is 0 Å². The fourth-order valence-electron chi connectivity index (χ4n) is 2.46. The lowest BCUT2D eigenvalue weighted by molar-refractivity contribution is -0.263. The van der Waals surface area contributed by atoms with E-state index in [4.69, 9.17) is 14.6 Å². The van der Waals surface area contributed by atoms with Gasteiger partial charge < -0.3 is 14.6 Å². The van der Waals surface area contributed by atoms with Crippen molar-refractivity contribution < 1.29 is 48.3 Å². The van der Waals surface area contributed by atoms with Gasteiger partial charge in [-0.05, 0) is 32.6 Å². The van der Waals surface area contributed by atoms with Crippen molar-refractivity contribution in [1.82, 2.24) is 0 Å². The monoisotopic (exact) mass is 400 g/mol. The molecule has 0 atom stereocenters. The first-order chi connectivity index (χ1) is 13.2. The number of hydrogen-bond donors (Lipinski definition) is 1. The highest BCUT2D eigenvalue weighted by atomic mass is 17.2. The number of ether oxygens (including phenoxy) is 2. The fourth-order valence-corrected chi connectivity index (χ4v) is 2.46. The number of esters is 2. The Morgan fingerprint density at radius 2 is 1.39 bits per heavy atom. The van der Waals surface area contributed by atoms with E-state index in [1.807, 2.05) is 0 Å². The molecule has 0 bridgehead atoms. The second-order valence-electron chi connectivity index (χ2n) is 6.38. The van der Waals surface area contributed by atoms with E-state index in [9.17, 15) is 24.0 Å². The number of aliphatic carboxylic acids is 1. The molecular weight excluding hydrogens is 376 g/mol. The topological polar surface area (TPSA) is 142 Å². The van der Waals surface area contributed by atoms with Crippen LogP contribution in [0.5, 0.6) is 0 Å². The Hall–Kier alpha value is -2.91. The summed E-state index contributed by atoms with van der Waals surface area (Å²) < 4.78 is 9.49. The summed E-state index contributed by atoms with van der Waals surface area (Å²) in [4.78, 5) is 65.6. The molecule has 0 saturated heterocycles. The molecule has 0 radical (unpaired) electrons. The van der Waals surface area contributed by atoms with Crippen molar-refractivity contribution in [3.05, 3.63) is 12.2 Å². The SMILES string of the molecule is C=C(C)C(=O)OCCOC(=O)CCC(=O)OOC(=O)[C@H]1CC[C@H](C(=O)O)CC1. The second-order valence-corrected chi connectivity index (χ2v) is 6.38. The van der Waals surface area contributed by atoms with Crippen molar-refractivity contribution in [2.75, 3.05) is 13.2 Å². The predicted octanol–water partition coefficient (Wildman–Crippen LogP) is 1.32. The van der Waals surface area contributed by atoms with Gasteiger partial charge in [-0.1, -0.05) is 6.58 Å². The van der Waals surface area contributed by atoms with Crippen LogP contribution in [0.4, 0.5) is 0 Å². The first-order valence-electron chi connectivity index (χ1n) is 8.83. The lowest BCUT2D eigenvalue weighted by Gasteiger charge is -2.23. The van der Waals surface area contributed by atoms with Gasteiger partial charge >= 0.3 is 29.8 Å². The Bertz CT molecular complexity index is 616. The van der Waals surface area contributed by atoms with Gasteiger partial charge in [0.15, 0.2) is 0 Å². The lowest BCUT2D eigenvalue weighted by Crippen LogP contribution is -2.27. The summed E-state index contributed by atoms with van der Waals surface area (Å²) in [7, 11) is 0. The van der Waals surface area contributed by atoms with Gasteiger partial charge in [0.1, 0.15) is 13.2 Å². The Kier molecular flexibility index (Phi) is 9.69. The molecule has 28 heavy (non-hydrogen) atoms. The molecule has 0 spiro atoms. The Balaban J connectivity index is 2.13. The smallest absolute Gasteiger partial charge is 0.358 e. The minimum atomic E-state index is -0.918. The summed E-state index contributed by atoms with van der Waals surface area (Å²) in [6.07, 6.45) is 0.746. The van der Waals surface area contributed by atoms with Crippen molar-refractivity contribution in [2.45, 2.75) is 45.4 Å². The van der Waals surface area contributed by atoms with E-state index in [-0.39, 0.29) is 31.6 Å². The number of carboxylic acids is 1. The van der Waals surface area contributed by atoms with Crippen LogP contribution in [0, 0.1) is 11.8 Å². The zero-order valence-electron chi connectivity index (χ0n) is 15.6. The number of carbonyl (C=O) groups excluding carboxylic acids is 4. The van der Waals surface area contributed by atoms with Gasteiger partial charge in [-0.25, -0.2) is 24.2 Å². The van der Waals surface area contributed by atoms with Gasteiger partial charge in [-0.15, -0.1) is 0 Å². The zero-order valence-corrected chi connectivity index (χ0v) is 15.6. The van der Waals surface area contributed by atoms with E-state index in [0.717, 1.165) is 0 Å². The van der Waals surface area contributed by atoms with Crippen molar-refractivity contribution in [3.8, 4) is 0 Å². The highest BCUT2D eigenvalue weighted by Crippen LogP contribution is 2.29. The molecule has 0 amide bonds. The molecule has 0 aliphatic heterocycles. The van der Waals surface area contributed by atoms with E-state index < -0.39 is 41.7 Å². The Morgan fingerprint density at radius 1 is 0.857 bits per heavy atom. The number of carbonyl (C=O) groups is 5. The van der Waals surface area contributed by atoms with Crippen molar-refractivity contribution in [1.29, 1.82) is 0 Å². The number of carboxylic acid groups (broad SMARTS) is 1. The molecule has 0 aromatic carbocycles. The molecule has 1 rings (SSSR count). The van der Waals surface area contributed by atoms with Crippen LogP contribution in [0.3, 0.4) is 0 Å². The molecule has 10 nitrogen and oxygen atoms in total. The van der Waals surface area contributed by atoms with Crippen LogP contribution in [0.25, 0.3) is 0 Å². The molecule has 156 valence electrons. The highest BCUT2D eigenvalue weighted by Gasteiger charge is 2.31. The second kappa shape index (κ2) is 11.7. The summed E-state index contributed by atoms with van der Waals surface area (Å²) in [5.74, 6) is -4.84. The summed E-state index contributed by atoms with van der Waals surface area (Å²) in [6.45, 7) is 4.57. The van der Waals surface area contributed by atoms with Crippen LogP contribution in [-0.2, 0) is 43.2 Å². The van der Waals surface area contributed by atoms with Crippen LogP contribution < -0.4 is 0 Å². The molecule has 1 aliphatic rings. The number of hydrogen-bond acceptors (Lipinski definition) is 9. The molecule has 1 aliphatic carbocycles. The lowest BCUT2D eigenvalue weighted by atomic mass is 9.82. The summed E-state index contributed by atoms with van der Waals surface area (Å²) in [6, 6.07) is 0.